The maximum Gasteiger partial charge on any atom is 0.189 e. The second-order valence-corrected chi connectivity index (χ2v) is 27.6. The molecule has 0 radical (unpaired) electrons. The van der Waals surface area contributed by atoms with Crippen LogP contribution >= 0.6 is 0 Å². The Morgan fingerprint density at radius 2 is 0.286 bits per heavy atom. The van der Waals surface area contributed by atoms with Gasteiger partial charge in [0.05, 0.1) is 42.7 Å². The highest BCUT2D eigenvalue weighted by atomic mass is 16.8. The molecule has 35 nitrogen and oxygen atoms in total. The molecule has 35 heteroatoms. The Kier molecular flexibility index (Phi) is 22.1. The second kappa shape index (κ2) is 26.7. The van der Waals surface area contributed by atoms with Crippen LogP contribution in [-0.2, 0) is 66.3 Å². The van der Waals surface area contributed by atoms with Crippen molar-refractivity contribution in [3.8, 4) is 0 Å². The lowest BCUT2D eigenvalue weighted by Crippen LogP contribution is -2.75. The maximum absolute atomic E-state index is 12.2. The van der Waals surface area contributed by atoms with Crippen LogP contribution in [0.25, 0.3) is 0 Å². The summed E-state index contributed by atoms with van der Waals surface area (Å²) in [5, 5.41) is 248. The standard InChI is InChI=1S/C56H98O35/c1-15(57)22-29-36(64)50(8,71)43(78-22)86-30-23(16(2)58)80-45(52(10,73)37(30)65)88-32-25(18(4)60)82-47(54(12,75)39(32)67)90-34-27(20(6)62)84-49(56(14,77)41(34)69)91-35-28(21(7)63)83-48(55(13,76)42(35)70)89-33-26(19(5)61)81-46(53(11,74)40(33)68)87-31-24(17(3)59)79-44(85-29)51(9,72)38(31)66/h15-49,57-77H,1-14H3/t15?,16?,17?,18?,19?,20?,21?,22-,23-,24-,25-,26-,27-,28-,29-,30-,31-,32-,33-,34-,35-,36+,37+,38+,39+,40+,41+,42+,43-,44-,45-,46-,47-,48-,49-,50-,51-,52-,53-,54-,55-,56-/m1/s1. The first-order valence-electron chi connectivity index (χ1n) is 30.4. The highest BCUT2D eigenvalue weighted by Crippen LogP contribution is 2.48. The first kappa shape index (κ1) is 75.4. The molecule has 0 amide bonds. The number of aliphatic hydroxyl groups is 21. The summed E-state index contributed by atoms with van der Waals surface area (Å²) >= 11 is 0. The molecule has 0 aromatic heterocycles. The predicted octanol–water partition coefficient (Wildman–Crippen LogP) is -9.78. The van der Waals surface area contributed by atoms with Gasteiger partial charge < -0.3 is 174 Å². The number of hydrogen-bond donors (Lipinski definition) is 21. The summed E-state index contributed by atoms with van der Waals surface area (Å²) < 4.78 is 85.0. The number of ether oxygens (including phenoxy) is 14. The molecule has 0 spiro atoms. The van der Waals surface area contributed by atoms with Gasteiger partial charge in [0.2, 0.25) is 0 Å². The summed E-state index contributed by atoms with van der Waals surface area (Å²) in [5.74, 6) is 0. The van der Waals surface area contributed by atoms with Gasteiger partial charge in [-0.15, -0.1) is 0 Å². The van der Waals surface area contributed by atoms with Crippen LogP contribution in [0.5, 0.6) is 0 Å². The average molecular weight is 1330 g/mol. The first-order chi connectivity index (χ1) is 41.6. The average Bonchev–Trinajstić information content (AvgIpc) is 0.764. The fraction of sp³-hybridized carbons (Fsp3) is 1.00. The molecule has 0 aliphatic carbocycles. The molecule has 0 saturated carbocycles. The fourth-order valence-electron chi connectivity index (χ4n) is 13.0. The summed E-state index contributed by atoms with van der Waals surface area (Å²) in [6.45, 7) is 14.6. The number of hydrogen-bond acceptors (Lipinski definition) is 35. The van der Waals surface area contributed by atoms with Gasteiger partial charge in [0, 0.05) is 0 Å². The normalized spacial score (nSPS) is 57.0. The smallest absolute Gasteiger partial charge is 0.189 e. The van der Waals surface area contributed by atoms with Crippen molar-refractivity contribution in [3.05, 3.63) is 0 Å². The molecular formula is C56H98O35. The topological polar surface area (TPSA) is 554 Å². The quantitative estimate of drug-likeness (QED) is 0.113. The molecule has 532 valence electrons. The molecule has 0 aromatic rings. The Morgan fingerprint density at radius 3 is 0.363 bits per heavy atom. The Bertz CT molecular complexity index is 1940. The highest BCUT2D eigenvalue weighted by molar-refractivity contribution is 5.11. The monoisotopic (exact) mass is 1330 g/mol. The van der Waals surface area contributed by atoms with E-state index in [1.807, 2.05) is 0 Å². The summed E-state index contributed by atoms with van der Waals surface area (Å²) in [6.07, 6.45) is -70.3. The molecule has 7 unspecified atom stereocenters. The van der Waals surface area contributed by atoms with Crippen molar-refractivity contribution in [1.82, 2.24) is 0 Å². The molecule has 42 atom stereocenters. The first-order valence-corrected chi connectivity index (χ1v) is 30.4. The van der Waals surface area contributed by atoms with Gasteiger partial charge in [0.25, 0.3) is 0 Å². The van der Waals surface area contributed by atoms with Crippen LogP contribution in [0.1, 0.15) is 96.9 Å². The van der Waals surface area contributed by atoms with E-state index >= 15 is 0 Å². The minimum atomic E-state index is -2.74. The zero-order chi connectivity index (χ0) is 68.6. The molecule has 21 aliphatic rings. The molecule has 21 saturated heterocycles. The fourth-order valence-corrected chi connectivity index (χ4v) is 13.0. The molecule has 21 N–H and O–H groups in total. The van der Waals surface area contributed by atoms with Crippen molar-refractivity contribution in [3.63, 3.8) is 0 Å². The summed E-state index contributed by atoms with van der Waals surface area (Å²) in [7, 11) is 0. The molecular weight excluding hydrogens is 1230 g/mol. The van der Waals surface area contributed by atoms with Crippen LogP contribution in [0.2, 0.25) is 0 Å². The van der Waals surface area contributed by atoms with Gasteiger partial charge >= 0.3 is 0 Å². The largest absolute Gasteiger partial charge is 0.391 e. The molecule has 21 heterocycles. The maximum atomic E-state index is 12.2. The van der Waals surface area contributed by atoms with Crippen LogP contribution < -0.4 is 0 Å². The molecule has 91 heavy (non-hydrogen) atoms. The van der Waals surface area contributed by atoms with Crippen molar-refractivity contribution >= 4 is 0 Å². The molecule has 21 aliphatic heterocycles. The minimum Gasteiger partial charge on any atom is -0.391 e. The summed E-state index contributed by atoms with van der Waals surface area (Å²) in [5.41, 5.74) is -19.2. The number of rotatable bonds is 7. The summed E-state index contributed by atoms with van der Waals surface area (Å²) in [4.78, 5) is 0. The van der Waals surface area contributed by atoms with Crippen molar-refractivity contribution in [2.75, 3.05) is 0 Å². The lowest BCUT2D eigenvalue weighted by molar-refractivity contribution is -0.431. The third-order valence-electron chi connectivity index (χ3n) is 19.2. The van der Waals surface area contributed by atoms with Gasteiger partial charge in [-0.25, -0.2) is 0 Å². The van der Waals surface area contributed by atoms with Gasteiger partial charge in [0.15, 0.2) is 44.0 Å². The predicted molar refractivity (Wildman–Crippen MR) is 293 cm³/mol. The van der Waals surface area contributed by atoms with Crippen molar-refractivity contribution < 1.29 is 174 Å². The van der Waals surface area contributed by atoms with Gasteiger partial charge in [-0.1, -0.05) is 0 Å². The Hall–Kier alpha value is -1.40. The van der Waals surface area contributed by atoms with E-state index < -0.39 is 254 Å². The van der Waals surface area contributed by atoms with Crippen molar-refractivity contribution in [2.45, 2.75) is 351 Å². The van der Waals surface area contributed by atoms with E-state index in [9.17, 15) is 107 Å². The molecule has 21 fully saturated rings. The summed E-state index contributed by atoms with van der Waals surface area (Å²) in [6, 6.07) is 0. The SMILES string of the molecule is CC(O)[C@H]1O[C@@H]2O[C@@H]3[C@@H](C(C)O)O[C@H](O[C@@H]4[C@@H](C(C)O)O[C@H](O[C@@H]5[C@@H](C(C)O)O[C@H](O[C@@H]6[C@@H](C(C)O)O[C@H](O[C@@H]7[C@@H](C(C)O)O[C@H](O[C@@H]8[C@@H](C(C)O)O[C@H](O[C@H]1[C@H](O)[C@@]2(C)O)[C@](C)(O)[C@H]8O)[C@](C)(O)[C@H]7O)[C@](C)(O)[C@H]6O)[C@](C)(O)[C@H]5O)[C@](C)(O)[C@H]4O)[C@](C)(O)[C@H]3O. The van der Waals surface area contributed by atoms with E-state index in [0.29, 0.717) is 0 Å². The highest BCUT2D eigenvalue weighted by Gasteiger charge is 2.68. The molecule has 14 bridgehead atoms. The zero-order valence-electron chi connectivity index (χ0n) is 52.8. The third-order valence-corrected chi connectivity index (χ3v) is 19.2. The van der Waals surface area contributed by atoms with E-state index in [2.05, 4.69) is 0 Å². The lowest BCUT2D eigenvalue weighted by atomic mass is 9.83. The van der Waals surface area contributed by atoms with Gasteiger partial charge in [-0.3, -0.25) is 0 Å². The van der Waals surface area contributed by atoms with Crippen molar-refractivity contribution in [1.29, 1.82) is 0 Å². The number of aliphatic hydroxyl groups excluding tert-OH is 14. The van der Waals surface area contributed by atoms with Crippen molar-refractivity contribution in [2.24, 2.45) is 0 Å². The van der Waals surface area contributed by atoms with Crippen LogP contribution in [-0.4, -0.2) is 361 Å². The Balaban J connectivity index is 1.21. The molecule has 21 rings (SSSR count). The van der Waals surface area contributed by atoms with E-state index in [0.717, 1.165) is 96.9 Å². The van der Waals surface area contributed by atoms with Gasteiger partial charge in [-0.2, -0.15) is 0 Å². The Labute approximate surface area is 523 Å². The third kappa shape index (κ3) is 13.4. The minimum absolute atomic E-state index is 0.946. The van der Waals surface area contributed by atoms with E-state index in [1.165, 1.54) is 0 Å². The second-order valence-electron chi connectivity index (χ2n) is 27.6. The van der Waals surface area contributed by atoms with Crippen LogP contribution in [0.15, 0.2) is 0 Å². The van der Waals surface area contributed by atoms with Crippen LogP contribution in [0.4, 0.5) is 0 Å². The lowest BCUT2D eigenvalue weighted by Gasteiger charge is -2.56. The van der Waals surface area contributed by atoms with E-state index in [-0.39, 0.29) is 0 Å². The van der Waals surface area contributed by atoms with Crippen LogP contribution in [0.3, 0.4) is 0 Å². The zero-order valence-corrected chi connectivity index (χ0v) is 52.8. The van der Waals surface area contributed by atoms with Crippen LogP contribution in [0, 0.1) is 0 Å². The van der Waals surface area contributed by atoms with E-state index in [4.69, 9.17) is 66.3 Å². The van der Waals surface area contributed by atoms with E-state index in [1.54, 1.807) is 0 Å². The van der Waals surface area contributed by atoms with Gasteiger partial charge in [-0.05, 0) is 96.9 Å². The molecule has 0 aromatic carbocycles. The Morgan fingerprint density at radius 1 is 0.198 bits per heavy atom. The van der Waals surface area contributed by atoms with Gasteiger partial charge in [0.1, 0.15) is 167 Å².